The first-order valence-corrected chi connectivity index (χ1v) is 5.38. The molecule has 0 fully saturated rings. The van der Waals surface area contributed by atoms with E-state index < -0.39 is 5.60 Å². The summed E-state index contributed by atoms with van der Waals surface area (Å²) in [5.41, 5.74) is 6.64. The van der Waals surface area contributed by atoms with Crippen molar-refractivity contribution < 1.29 is 5.11 Å². The molecule has 0 bridgehead atoms. The molecule has 0 heterocycles. The standard InChI is InChI=1S/C14H19NO/c1-3-9-14(16,10-4-2)11-12-5-7-13(15)8-6-12/h3-8,16H,1-2,9-11,15H2. The van der Waals surface area contributed by atoms with E-state index in [9.17, 15) is 5.11 Å². The molecule has 0 aliphatic rings. The molecular weight excluding hydrogens is 198 g/mol. The lowest BCUT2D eigenvalue weighted by molar-refractivity contribution is 0.0467. The van der Waals surface area contributed by atoms with Gasteiger partial charge in [-0.15, -0.1) is 13.2 Å². The van der Waals surface area contributed by atoms with Gasteiger partial charge in [0.25, 0.3) is 0 Å². The first-order chi connectivity index (χ1) is 7.59. The molecule has 2 nitrogen and oxygen atoms in total. The van der Waals surface area contributed by atoms with Gasteiger partial charge in [-0.25, -0.2) is 0 Å². The second kappa shape index (κ2) is 5.52. The third-order valence-electron chi connectivity index (χ3n) is 2.56. The summed E-state index contributed by atoms with van der Waals surface area (Å²) in [7, 11) is 0. The summed E-state index contributed by atoms with van der Waals surface area (Å²) in [4.78, 5) is 0. The largest absolute Gasteiger partial charge is 0.399 e. The van der Waals surface area contributed by atoms with Crippen LogP contribution in [0.25, 0.3) is 0 Å². The summed E-state index contributed by atoms with van der Waals surface area (Å²) in [6.45, 7) is 7.34. The van der Waals surface area contributed by atoms with Gasteiger partial charge in [0, 0.05) is 12.1 Å². The highest BCUT2D eigenvalue weighted by atomic mass is 16.3. The number of benzene rings is 1. The van der Waals surface area contributed by atoms with Crippen LogP contribution in [-0.2, 0) is 6.42 Å². The molecule has 0 aliphatic heterocycles. The second-order valence-electron chi connectivity index (χ2n) is 4.13. The number of aliphatic hydroxyl groups is 1. The quantitative estimate of drug-likeness (QED) is 0.568. The van der Waals surface area contributed by atoms with Gasteiger partial charge in [0.1, 0.15) is 0 Å². The number of nitrogens with two attached hydrogens (primary N) is 1. The van der Waals surface area contributed by atoms with Crippen molar-refractivity contribution in [2.75, 3.05) is 5.73 Å². The van der Waals surface area contributed by atoms with Gasteiger partial charge in [-0.3, -0.25) is 0 Å². The average molecular weight is 217 g/mol. The van der Waals surface area contributed by atoms with Crippen molar-refractivity contribution in [3.05, 3.63) is 55.1 Å². The number of anilines is 1. The highest BCUT2D eigenvalue weighted by Gasteiger charge is 2.23. The Morgan fingerprint density at radius 2 is 1.62 bits per heavy atom. The number of hydrogen-bond acceptors (Lipinski definition) is 2. The van der Waals surface area contributed by atoms with Crippen molar-refractivity contribution in [1.29, 1.82) is 0 Å². The maximum absolute atomic E-state index is 10.4. The Labute approximate surface area is 97.1 Å². The SMILES string of the molecule is C=CCC(O)(CC=C)Cc1ccc(N)cc1. The van der Waals surface area contributed by atoms with Gasteiger partial charge in [0.2, 0.25) is 0 Å². The molecule has 86 valence electrons. The normalized spacial score (nSPS) is 11.1. The predicted molar refractivity (Wildman–Crippen MR) is 69.1 cm³/mol. The number of nitrogen functional groups attached to an aromatic ring is 1. The maximum atomic E-state index is 10.4. The van der Waals surface area contributed by atoms with Gasteiger partial charge in [0.15, 0.2) is 0 Å². The summed E-state index contributed by atoms with van der Waals surface area (Å²) in [5, 5.41) is 10.4. The molecule has 2 heteroatoms. The van der Waals surface area contributed by atoms with Gasteiger partial charge in [-0.1, -0.05) is 24.3 Å². The van der Waals surface area contributed by atoms with Crippen LogP contribution in [-0.4, -0.2) is 10.7 Å². The van der Waals surface area contributed by atoms with E-state index >= 15 is 0 Å². The van der Waals surface area contributed by atoms with Crippen LogP contribution in [0.2, 0.25) is 0 Å². The molecule has 0 radical (unpaired) electrons. The Morgan fingerprint density at radius 3 is 2.06 bits per heavy atom. The van der Waals surface area contributed by atoms with Crippen LogP contribution in [0.5, 0.6) is 0 Å². The van der Waals surface area contributed by atoms with Crippen LogP contribution < -0.4 is 5.73 Å². The molecular formula is C14H19NO. The molecule has 3 N–H and O–H groups in total. The van der Waals surface area contributed by atoms with Crippen molar-refractivity contribution in [3.63, 3.8) is 0 Å². The molecule has 0 aliphatic carbocycles. The molecule has 0 spiro atoms. The van der Waals surface area contributed by atoms with E-state index in [2.05, 4.69) is 13.2 Å². The van der Waals surface area contributed by atoms with Crippen LogP contribution in [0.15, 0.2) is 49.6 Å². The van der Waals surface area contributed by atoms with Crippen molar-refractivity contribution in [1.82, 2.24) is 0 Å². The molecule has 0 amide bonds. The molecule has 16 heavy (non-hydrogen) atoms. The number of hydrogen-bond donors (Lipinski definition) is 2. The minimum absolute atomic E-state index is 0.559. The van der Waals surface area contributed by atoms with Crippen LogP contribution in [0, 0.1) is 0 Å². The fraction of sp³-hybridized carbons (Fsp3) is 0.286. The van der Waals surface area contributed by atoms with E-state index in [-0.39, 0.29) is 0 Å². The van der Waals surface area contributed by atoms with Crippen LogP contribution in [0.4, 0.5) is 5.69 Å². The summed E-state index contributed by atoms with van der Waals surface area (Å²) >= 11 is 0. The first-order valence-electron chi connectivity index (χ1n) is 5.38. The molecule has 0 atom stereocenters. The van der Waals surface area contributed by atoms with Gasteiger partial charge in [-0.05, 0) is 30.5 Å². The fourth-order valence-electron chi connectivity index (χ4n) is 1.78. The van der Waals surface area contributed by atoms with Crippen LogP contribution in [0.3, 0.4) is 0 Å². The Morgan fingerprint density at radius 1 is 1.12 bits per heavy atom. The molecule has 0 aromatic heterocycles. The molecule has 0 saturated carbocycles. The summed E-state index contributed by atoms with van der Waals surface area (Å²) in [6.07, 6.45) is 5.18. The van der Waals surface area contributed by atoms with Crippen LogP contribution in [0.1, 0.15) is 18.4 Å². The minimum atomic E-state index is -0.778. The zero-order valence-electron chi connectivity index (χ0n) is 9.52. The molecule has 0 unspecified atom stereocenters. The van der Waals surface area contributed by atoms with Crippen molar-refractivity contribution in [2.45, 2.75) is 24.9 Å². The van der Waals surface area contributed by atoms with Gasteiger partial charge in [0.05, 0.1) is 5.60 Å². The third kappa shape index (κ3) is 3.55. The molecule has 1 aromatic carbocycles. The predicted octanol–water partition coefficient (Wildman–Crippen LogP) is 2.69. The zero-order chi connectivity index (χ0) is 12.0. The number of rotatable bonds is 6. The Bertz CT molecular complexity index is 344. The Balaban J connectivity index is 2.78. The first kappa shape index (κ1) is 12.5. The summed E-state index contributed by atoms with van der Waals surface area (Å²) < 4.78 is 0. The van der Waals surface area contributed by atoms with E-state index in [1.807, 2.05) is 24.3 Å². The Hall–Kier alpha value is -1.54. The maximum Gasteiger partial charge on any atom is 0.0756 e. The smallest absolute Gasteiger partial charge is 0.0756 e. The van der Waals surface area contributed by atoms with Crippen LogP contribution >= 0.6 is 0 Å². The zero-order valence-corrected chi connectivity index (χ0v) is 9.52. The van der Waals surface area contributed by atoms with E-state index in [1.165, 1.54) is 0 Å². The lowest BCUT2D eigenvalue weighted by Gasteiger charge is -2.25. The highest BCUT2D eigenvalue weighted by molar-refractivity contribution is 5.39. The minimum Gasteiger partial charge on any atom is -0.399 e. The van der Waals surface area contributed by atoms with Crippen molar-refractivity contribution in [2.24, 2.45) is 0 Å². The van der Waals surface area contributed by atoms with E-state index in [4.69, 9.17) is 5.73 Å². The van der Waals surface area contributed by atoms with E-state index in [1.54, 1.807) is 12.2 Å². The summed E-state index contributed by atoms with van der Waals surface area (Å²) in [5.74, 6) is 0. The lowest BCUT2D eigenvalue weighted by Crippen LogP contribution is -2.30. The topological polar surface area (TPSA) is 46.2 Å². The second-order valence-corrected chi connectivity index (χ2v) is 4.13. The van der Waals surface area contributed by atoms with E-state index in [0.717, 1.165) is 11.3 Å². The summed E-state index contributed by atoms with van der Waals surface area (Å²) in [6, 6.07) is 7.56. The fourth-order valence-corrected chi connectivity index (χ4v) is 1.78. The van der Waals surface area contributed by atoms with E-state index in [0.29, 0.717) is 19.3 Å². The molecule has 1 rings (SSSR count). The Kier molecular flexibility index (Phi) is 4.32. The van der Waals surface area contributed by atoms with Gasteiger partial charge < -0.3 is 10.8 Å². The highest BCUT2D eigenvalue weighted by Crippen LogP contribution is 2.22. The molecule has 0 saturated heterocycles. The van der Waals surface area contributed by atoms with Crippen molar-refractivity contribution >= 4 is 5.69 Å². The van der Waals surface area contributed by atoms with Gasteiger partial charge in [-0.2, -0.15) is 0 Å². The van der Waals surface area contributed by atoms with Crippen molar-refractivity contribution in [3.8, 4) is 0 Å². The molecule has 1 aromatic rings. The monoisotopic (exact) mass is 217 g/mol. The van der Waals surface area contributed by atoms with Gasteiger partial charge >= 0.3 is 0 Å². The lowest BCUT2D eigenvalue weighted by atomic mass is 9.88. The average Bonchev–Trinajstić information content (AvgIpc) is 2.22. The third-order valence-corrected chi connectivity index (χ3v) is 2.56.